The van der Waals surface area contributed by atoms with Crippen LogP contribution in [0.25, 0.3) is 0 Å². The normalized spacial score (nSPS) is 23.2. The lowest BCUT2D eigenvalue weighted by Gasteiger charge is -2.35. The Morgan fingerprint density at radius 3 is 2.61 bits per heavy atom. The van der Waals surface area contributed by atoms with Gasteiger partial charge in [0.25, 0.3) is 0 Å². The van der Waals surface area contributed by atoms with Crippen molar-refractivity contribution in [3.63, 3.8) is 0 Å². The van der Waals surface area contributed by atoms with E-state index in [-0.39, 0.29) is 23.4 Å². The second kappa shape index (κ2) is 8.95. The number of nitrogens with one attached hydrogen (secondary N) is 1. The minimum atomic E-state index is -0.126. The second-order valence-corrected chi connectivity index (χ2v) is 9.21. The minimum Gasteiger partial charge on any atom is -0.309 e. The van der Waals surface area contributed by atoms with Crippen molar-refractivity contribution in [1.82, 2.24) is 4.90 Å². The van der Waals surface area contributed by atoms with Gasteiger partial charge in [-0.2, -0.15) is 0 Å². The zero-order valence-corrected chi connectivity index (χ0v) is 18.4. The smallest absolute Gasteiger partial charge is 0.104 e. The van der Waals surface area contributed by atoms with Crippen LogP contribution in [0.15, 0.2) is 53.8 Å². The molecule has 0 bridgehead atoms. The molecule has 0 fully saturated rings. The third-order valence-electron chi connectivity index (χ3n) is 7.08. The Balaban J connectivity index is 1.96. The maximum absolute atomic E-state index is 8.67. The van der Waals surface area contributed by atoms with Gasteiger partial charge in [-0.3, -0.25) is 4.90 Å². The van der Waals surface area contributed by atoms with Crippen LogP contribution in [0, 0.1) is 40.9 Å². The van der Waals surface area contributed by atoms with Gasteiger partial charge in [0.15, 0.2) is 0 Å². The summed E-state index contributed by atoms with van der Waals surface area (Å²) >= 11 is 0. The zero-order chi connectivity index (χ0) is 21.1. The molecule has 0 aromatic carbocycles. The van der Waals surface area contributed by atoms with Crippen molar-refractivity contribution < 1.29 is 0 Å². The molecule has 0 heterocycles. The van der Waals surface area contributed by atoms with Crippen LogP contribution in [0.4, 0.5) is 0 Å². The Morgan fingerprint density at radius 1 is 1.39 bits per heavy atom. The SMILES string of the molecule is C#CC(C1=C=CC=C1)N(C)C(C)C(=C)CC(=N)C1C=CC(C(C)(C)C(C)C)C1. The summed E-state index contributed by atoms with van der Waals surface area (Å²) in [6, 6.07) is -0.0310. The lowest BCUT2D eigenvalue weighted by molar-refractivity contribution is 0.167. The van der Waals surface area contributed by atoms with Gasteiger partial charge in [-0.15, -0.1) is 12.2 Å². The van der Waals surface area contributed by atoms with Gasteiger partial charge in [0.2, 0.25) is 0 Å². The van der Waals surface area contributed by atoms with Gasteiger partial charge >= 0.3 is 0 Å². The first kappa shape index (κ1) is 22.2. The lowest BCUT2D eigenvalue weighted by atomic mass is 9.70. The molecule has 28 heavy (non-hydrogen) atoms. The van der Waals surface area contributed by atoms with E-state index in [9.17, 15) is 0 Å². The molecular weight excluding hydrogens is 340 g/mol. The highest BCUT2D eigenvalue weighted by Crippen LogP contribution is 2.43. The maximum atomic E-state index is 8.67. The van der Waals surface area contributed by atoms with Gasteiger partial charge in [-0.25, -0.2) is 0 Å². The Bertz CT molecular complexity index is 778. The van der Waals surface area contributed by atoms with Crippen LogP contribution >= 0.6 is 0 Å². The van der Waals surface area contributed by atoms with E-state index in [2.05, 4.69) is 69.9 Å². The summed E-state index contributed by atoms with van der Waals surface area (Å²) < 4.78 is 0. The number of terminal acetylenes is 1. The topological polar surface area (TPSA) is 27.1 Å². The Morgan fingerprint density at radius 2 is 2.07 bits per heavy atom. The molecule has 0 radical (unpaired) electrons. The maximum Gasteiger partial charge on any atom is 0.104 e. The van der Waals surface area contributed by atoms with Crippen molar-refractivity contribution >= 4 is 5.71 Å². The predicted octanol–water partition coefficient (Wildman–Crippen LogP) is 5.80. The van der Waals surface area contributed by atoms with E-state index in [0.717, 1.165) is 23.3 Å². The van der Waals surface area contributed by atoms with E-state index < -0.39 is 0 Å². The molecule has 0 aliphatic heterocycles. The largest absolute Gasteiger partial charge is 0.309 e. The molecule has 4 unspecified atom stereocenters. The van der Waals surface area contributed by atoms with Crippen molar-refractivity contribution in [3.8, 4) is 12.3 Å². The molecule has 4 atom stereocenters. The molecule has 1 N–H and O–H groups in total. The van der Waals surface area contributed by atoms with Crippen molar-refractivity contribution in [1.29, 1.82) is 5.41 Å². The second-order valence-electron chi connectivity index (χ2n) is 9.21. The van der Waals surface area contributed by atoms with Crippen LogP contribution < -0.4 is 0 Å². The fourth-order valence-electron chi connectivity index (χ4n) is 3.91. The summed E-state index contributed by atoms with van der Waals surface area (Å²) in [4.78, 5) is 2.15. The molecule has 2 aliphatic carbocycles. The highest BCUT2D eigenvalue weighted by molar-refractivity contribution is 5.88. The standard InChI is InChI=1S/C26H36N2/c1-9-25(21-12-10-11-13-21)28(8)20(5)19(4)16-24(27)22-14-15-23(17-22)26(6,7)18(2)3/h1,10-12,14-15,18,20,22-23,25,27H,4,16-17H2,2-3,5-8H3. The number of rotatable bonds is 9. The third-order valence-corrected chi connectivity index (χ3v) is 7.08. The first-order valence-corrected chi connectivity index (χ1v) is 10.3. The summed E-state index contributed by atoms with van der Waals surface area (Å²) in [5.41, 5.74) is 6.28. The third kappa shape index (κ3) is 4.67. The first-order valence-electron chi connectivity index (χ1n) is 10.3. The average Bonchev–Trinajstić information content (AvgIpc) is 3.33. The van der Waals surface area contributed by atoms with Crippen LogP contribution in [0.3, 0.4) is 0 Å². The van der Waals surface area contributed by atoms with E-state index >= 15 is 0 Å². The molecule has 0 aromatic rings. The number of hydrogen-bond acceptors (Lipinski definition) is 2. The Labute approximate surface area is 172 Å². The number of nitrogens with zero attached hydrogens (tertiary/aromatic N) is 1. The van der Waals surface area contributed by atoms with E-state index in [0.29, 0.717) is 18.3 Å². The molecule has 0 saturated carbocycles. The summed E-state index contributed by atoms with van der Waals surface area (Å²) in [7, 11) is 2.03. The average molecular weight is 377 g/mol. The molecule has 2 heteroatoms. The summed E-state index contributed by atoms with van der Waals surface area (Å²) in [5, 5.41) is 8.67. The molecule has 150 valence electrons. The molecule has 2 rings (SSSR count). The van der Waals surface area contributed by atoms with Crippen LogP contribution in [0.2, 0.25) is 0 Å². The molecule has 2 nitrogen and oxygen atoms in total. The predicted molar refractivity (Wildman–Crippen MR) is 121 cm³/mol. The van der Waals surface area contributed by atoms with Gasteiger partial charge in [-0.1, -0.05) is 64.0 Å². The Hall–Kier alpha value is -2.07. The van der Waals surface area contributed by atoms with Gasteiger partial charge in [-0.05, 0) is 49.8 Å². The van der Waals surface area contributed by atoms with Crippen molar-refractivity contribution in [2.24, 2.45) is 23.2 Å². The lowest BCUT2D eigenvalue weighted by Crippen LogP contribution is -2.40. The van der Waals surface area contributed by atoms with E-state index in [1.807, 2.05) is 25.3 Å². The molecule has 0 amide bonds. The van der Waals surface area contributed by atoms with Crippen LogP contribution in [0.1, 0.15) is 47.5 Å². The fourth-order valence-corrected chi connectivity index (χ4v) is 3.91. The van der Waals surface area contributed by atoms with Gasteiger partial charge in [0.05, 0.1) is 0 Å². The van der Waals surface area contributed by atoms with Crippen molar-refractivity contribution in [3.05, 3.63) is 53.8 Å². The monoisotopic (exact) mass is 376 g/mol. The van der Waals surface area contributed by atoms with Crippen molar-refractivity contribution in [2.45, 2.75) is 59.5 Å². The molecular formula is C26H36N2. The number of likely N-dealkylation sites (N-methyl/N-ethyl adjacent to an activating group) is 1. The summed E-state index contributed by atoms with van der Waals surface area (Å²) in [5.74, 6) is 4.25. The number of hydrogen-bond donors (Lipinski definition) is 1. The van der Waals surface area contributed by atoms with E-state index in [1.165, 1.54) is 0 Å². The number of allylic oxidation sites excluding steroid dienone is 3. The van der Waals surface area contributed by atoms with Crippen molar-refractivity contribution in [2.75, 3.05) is 7.05 Å². The zero-order valence-electron chi connectivity index (χ0n) is 18.4. The highest BCUT2D eigenvalue weighted by atomic mass is 15.2. The van der Waals surface area contributed by atoms with E-state index in [4.69, 9.17) is 11.8 Å². The minimum absolute atomic E-state index is 0.0954. The molecule has 0 saturated heterocycles. The summed E-state index contributed by atoms with van der Waals surface area (Å²) in [6.07, 6.45) is 17.9. The molecule has 0 spiro atoms. The first-order chi connectivity index (χ1) is 13.1. The fraction of sp³-hybridized carbons (Fsp3) is 0.538. The van der Waals surface area contributed by atoms with Crippen LogP contribution in [-0.4, -0.2) is 29.7 Å². The molecule has 2 aliphatic rings. The van der Waals surface area contributed by atoms with Gasteiger partial charge in [0.1, 0.15) is 6.04 Å². The van der Waals surface area contributed by atoms with Gasteiger partial charge < -0.3 is 5.41 Å². The van der Waals surface area contributed by atoms with Crippen LogP contribution in [-0.2, 0) is 0 Å². The summed E-state index contributed by atoms with van der Waals surface area (Å²) in [6.45, 7) is 15.7. The van der Waals surface area contributed by atoms with E-state index in [1.54, 1.807) is 0 Å². The van der Waals surface area contributed by atoms with Gasteiger partial charge in [0, 0.05) is 29.7 Å². The van der Waals surface area contributed by atoms with Crippen LogP contribution in [0.5, 0.6) is 0 Å². The Kier molecular flexibility index (Phi) is 7.11. The quantitative estimate of drug-likeness (QED) is 0.234. The highest BCUT2D eigenvalue weighted by Gasteiger charge is 2.36. The molecule has 0 aromatic heterocycles.